The Hall–Kier alpha value is -0.120. The van der Waals surface area contributed by atoms with Gasteiger partial charge in [-0.3, -0.25) is 0 Å². The van der Waals surface area contributed by atoms with Gasteiger partial charge in [0.05, 0.1) is 5.60 Å². The van der Waals surface area contributed by atoms with E-state index in [4.69, 9.17) is 9.47 Å². The Balaban J connectivity index is 2.03. The number of rotatable bonds is 7. The molecule has 2 unspecified atom stereocenters. The SMILES string of the molecule is CCCNC(C(CC)CC)C1CCOC2(CCOCC2)C1. The summed E-state index contributed by atoms with van der Waals surface area (Å²) in [5.41, 5.74) is 0.124. The fourth-order valence-corrected chi connectivity index (χ4v) is 4.29. The molecule has 3 heteroatoms. The van der Waals surface area contributed by atoms with Crippen molar-refractivity contribution in [3.05, 3.63) is 0 Å². The van der Waals surface area contributed by atoms with Gasteiger partial charge in [0.25, 0.3) is 0 Å². The van der Waals surface area contributed by atoms with Gasteiger partial charge in [-0.1, -0.05) is 33.6 Å². The lowest BCUT2D eigenvalue weighted by atomic mass is 9.73. The first kappa shape index (κ1) is 17.2. The zero-order chi connectivity index (χ0) is 15.1. The molecule has 0 bridgehead atoms. The number of hydrogen-bond donors (Lipinski definition) is 1. The van der Waals surface area contributed by atoms with E-state index in [1.54, 1.807) is 0 Å². The fourth-order valence-electron chi connectivity index (χ4n) is 4.29. The van der Waals surface area contributed by atoms with Gasteiger partial charge in [0.1, 0.15) is 0 Å². The van der Waals surface area contributed by atoms with Crippen LogP contribution in [0.1, 0.15) is 65.7 Å². The van der Waals surface area contributed by atoms with Gasteiger partial charge in [-0.25, -0.2) is 0 Å². The van der Waals surface area contributed by atoms with Crippen molar-refractivity contribution >= 4 is 0 Å². The van der Waals surface area contributed by atoms with Crippen LogP contribution in [0.15, 0.2) is 0 Å². The first-order valence-electron chi connectivity index (χ1n) is 9.19. The molecule has 0 amide bonds. The van der Waals surface area contributed by atoms with E-state index in [1.165, 1.54) is 32.1 Å². The van der Waals surface area contributed by atoms with Gasteiger partial charge < -0.3 is 14.8 Å². The molecule has 0 aromatic heterocycles. The molecule has 2 heterocycles. The van der Waals surface area contributed by atoms with Gasteiger partial charge >= 0.3 is 0 Å². The van der Waals surface area contributed by atoms with Crippen LogP contribution in [0.2, 0.25) is 0 Å². The van der Waals surface area contributed by atoms with Crippen molar-refractivity contribution < 1.29 is 9.47 Å². The van der Waals surface area contributed by atoms with Gasteiger partial charge in [-0.15, -0.1) is 0 Å². The molecule has 1 spiro atoms. The van der Waals surface area contributed by atoms with Crippen LogP contribution in [0, 0.1) is 11.8 Å². The van der Waals surface area contributed by atoms with Crippen molar-refractivity contribution in [1.82, 2.24) is 5.32 Å². The molecule has 2 atom stereocenters. The predicted molar refractivity (Wildman–Crippen MR) is 87.6 cm³/mol. The van der Waals surface area contributed by atoms with E-state index in [0.717, 1.165) is 51.0 Å². The van der Waals surface area contributed by atoms with Crippen molar-refractivity contribution in [1.29, 1.82) is 0 Å². The third-order valence-corrected chi connectivity index (χ3v) is 5.63. The second-order valence-corrected chi connectivity index (χ2v) is 6.95. The van der Waals surface area contributed by atoms with Gasteiger partial charge in [0.2, 0.25) is 0 Å². The molecule has 3 nitrogen and oxygen atoms in total. The van der Waals surface area contributed by atoms with Crippen LogP contribution in [-0.2, 0) is 9.47 Å². The Labute approximate surface area is 131 Å². The summed E-state index contributed by atoms with van der Waals surface area (Å²) >= 11 is 0. The van der Waals surface area contributed by atoms with Crippen LogP contribution in [0.3, 0.4) is 0 Å². The van der Waals surface area contributed by atoms with Gasteiger partial charge in [0.15, 0.2) is 0 Å². The lowest BCUT2D eigenvalue weighted by Crippen LogP contribution is -2.51. The maximum absolute atomic E-state index is 6.23. The predicted octanol–water partition coefficient (Wildman–Crippen LogP) is 3.77. The lowest BCUT2D eigenvalue weighted by Gasteiger charge is -2.46. The highest BCUT2D eigenvalue weighted by Gasteiger charge is 2.42. The highest BCUT2D eigenvalue weighted by atomic mass is 16.5. The van der Waals surface area contributed by atoms with Crippen molar-refractivity contribution in [3.8, 4) is 0 Å². The monoisotopic (exact) mass is 297 g/mol. The molecular formula is C18H35NO2. The largest absolute Gasteiger partial charge is 0.381 e. The molecule has 21 heavy (non-hydrogen) atoms. The smallest absolute Gasteiger partial charge is 0.0729 e. The Bertz CT molecular complexity index is 279. The molecule has 2 aliphatic heterocycles. The van der Waals surface area contributed by atoms with E-state index in [0.29, 0.717) is 6.04 Å². The maximum Gasteiger partial charge on any atom is 0.0729 e. The molecule has 124 valence electrons. The Kier molecular flexibility index (Phi) is 6.97. The van der Waals surface area contributed by atoms with Gasteiger partial charge in [-0.05, 0) is 50.5 Å². The molecule has 2 saturated heterocycles. The van der Waals surface area contributed by atoms with Crippen LogP contribution in [0.4, 0.5) is 0 Å². The standard InChI is InChI=1S/C18H35NO2/c1-4-10-19-17(15(5-2)6-3)16-7-11-21-18(14-16)8-12-20-13-9-18/h15-17,19H,4-14H2,1-3H3. The zero-order valence-corrected chi connectivity index (χ0v) is 14.3. The molecule has 0 aromatic rings. The first-order valence-corrected chi connectivity index (χ1v) is 9.19. The molecular weight excluding hydrogens is 262 g/mol. The summed E-state index contributed by atoms with van der Waals surface area (Å²) in [6.45, 7) is 10.8. The number of nitrogens with one attached hydrogen (secondary N) is 1. The molecule has 1 N–H and O–H groups in total. The van der Waals surface area contributed by atoms with Crippen LogP contribution >= 0.6 is 0 Å². The molecule has 0 saturated carbocycles. The topological polar surface area (TPSA) is 30.5 Å². The van der Waals surface area contributed by atoms with E-state index in [-0.39, 0.29) is 5.60 Å². The van der Waals surface area contributed by atoms with E-state index in [2.05, 4.69) is 26.1 Å². The van der Waals surface area contributed by atoms with Crippen molar-refractivity contribution in [2.45, 2.75) is 77.4 Å². The average Bonchev–Trinajstić information content (AvgIpc) is 2.52. The summed E-state index contributed by atoms with van der Waals surface area (Å²) in [7, 11) is 0. The summed E-state index contributed by atoms with van der Waals surface area (Å²) in [6, 6.07) is 0.670. The summed E-state index contributed by atoms with van der Waals surface area (Å²) in [4.78, 5) is 0. The van der Waals surface area contributed by atoms with E-state index >= 15 is 0 Å². The average molecular weight is 297 g/mol. The quantitative estimate of drug-likeness (QED) is 0.776. The highest BCUT2D eigenvalue weighted by molar-refractivity contribution is 4.94. The van der Waals surface area contributed by atoms with E-state index < -0.39 is 0 Å². The highest BCUT2D eigenvalue weighted by Crippen LogP contribution is 2.40. The van der Waals surface area contributed by atoms with Gasteiger partial charge in [0, 0.05) is 25.9 Å². The number of ether oxygens (including phenoxy) is 2. The van der Waals surface area contributed by atoms with Crippen molar-refractivity contribution in [3.63, 3.8) is 0 Å². The zero-order valence-electron chi connectivity index (χ0n) is 14.3. The molecule has 2 fully saturated rings. The van der Waals surface area contributed by atoms with Crippen LogP contribution in [0.5, 0.6) is 0 Å². The molecule has 0 radical (unpaired) electrons. The van der Waals surface area contributed by atoms with Crippen molar-refractivity contribution in [2.75, 3.05) is 26.4 Å². The second-order valence-electron chi connectivity index (χ2n) is 6.95. The number of hydrogen-bond acceptors (Lipinski definition) is 3. The Morgan fingerprint density at radius 1 is 1.10 bits per heavy atom. The van der Waals surface area contributed by atoms with Crippen LogP contribution in [0.25, 0.3) is 0 Å². The second kappa shape index (κ2) is 8.50. The fraction of sp³-hybridized carbons (Fsp3) is 1.00. The molecule has 2 aliphatic rings. The van der Waals surface area contributed by atoms with Crippen molar-refractivity contribution in [2.24, 2.45) is 11.8 Å². The van der Waals surface area contributed by atoms with Crippen LogP contribution in [-0.4, -0.2) is 38.0 Å². The third-order valence-electron chi connectivity index (χ3n) is 5.63. The maximum atomic E-state index is 6.23. The van der Waals surface area contributed by atoms with Gasteiger partial charge in [-0.2, -0.15) is 0 Å². The molecule has 0 aliphatic carbocycles. The Morgan fingerprint density at radius 2 is 1.81 bits per heavy atom. The summed E-state index contributed by atoms with van der Waals surface area (Å²) in [5, 5.41) is 3.88. The third kappa shape index (κ3) is 4.43. The summed E-state index contributed by atoms with van der Waals surface area (Å²) in [6.07, 6.45) is 8.42. The minimum Gasteiger partial charge on any atom is -0.381 e. The first-order chi connectivity index (χ1) is 10.2. The van der Waals surface area contributed by atoms with E-state index in [1.807, 2.05) is 0 Å². The van der Waals surface area contributed by atoms with Crippen LogP contribution < -0.4 is 5.32 Å². The normalized spacial score (nSPS) is 27.1. The van der Waals surface area contributed by atoms with E-state index in [9.17, 15) is 0 Å². The summed E-state index contributed by atoms with van der Waals surface area (Å²) < 4.78 is 11.8. The lowest BCUT2D eigenvalue weighted by molar-refractivity contribution is -0.152. The summed E-state index contributed by atoms with van der Waals surface area (Å²) in [5.74, 6) is 1.57. The molecule has 0 aromatic carbocycles. The minimum absolute atomic E-state index is 0.124. The minimum atomic E-state index is 0.124. The Morgan fingerprint density at radius 3 is 2.43 bits per heavy atom. The molecule has 2 rings (SSSR count).